The topological polar surface area (TPSA) is 66.5 Å². The minimum atomic E-state index is -0.723. The summed E-state index contributed by atoms with van der Waals surface area (Å²) in [6.07, 6.45) is -0.0566. The maximum atomic E-state index is 13.9. The van der Waals surface area contributed by atoms with Crippen LogP contribution in [0.15, 0.2) is 36.4 Å². The SMILES string of the molecule is Cc1cccc(C(C)C)c1NC(=O)CCN1C(=O)c2cccc(F)c2C1=O. The molecule has 6 heteroatoms. The number of nitrogens with one attached hydrogen (secondary N) is 1. The Kier molecular flexibility index (Phi) is 5.08. The smallest absolute Gasteiger partial charge is 0.264 e. The summed E-state index contributed by atoms with van der Waals surface area (Å²) < 4.78 is 13.9. The van der Waals surface area contributed by atoms with Crippen molar-refractivity contribution in [3.05, 3.63) is 64.5 Å². The van der Waals surface area contributed by atoms with Gasteiger partial charge in [-0.3, -0.25) is 19.3 Å². The van der Waals surface area contributed by atoms with Gasteiger partial charge in [0.05, 0.1) is 11.1 Å². The van der Waals surface area contributed by atoms with Crippen molar-refractivity contribution in [2.75, 3.05) is 11.9 Å². The Bertz CT molecular complexity index is 937. The maximum Gasteiger partial charge on any atom is 0.264 e. The highest BCUT2D eigenvalue weighted by Gasteiger charge is 2.37. The molecule has 3 amide bonds. The van der Waals surface area contributed by atoms with Crippen LogP contribution in [0.5, 0.6) is 0 Å². The summed E-state index contributed by atoms with van der Waals surface area (Å²) >= 11 is 0. The summed E-state index contributed by atoms with van der Waals surface area (Å²) in [5.41, 5.74) is 2.54. The molecule has 0 spiro atoms. The molecule has 1 aliphatic rings. The number of hydrogen-bond donors (Lipinski definition) is 1. The Morgan fingerprint density at radius 2 is 1.81 bits per heavy atom. The molecule has 0 saturated carbocycles. The van der Waals surface area contributed by atoms with Gasteiger partial charge in [-0.2, -0.15) is 0 Å². The van der Waals surface area contributed by atoms with Crippen molar-refractivity contribution in [2.45, 2.75) is 33.1 Å². The van der Waals surface area contributed by atoms with E-state index in [1.165, 1.54) is 12.1 Å². The number of fused-ring (bicyclic) bond motifs is 1. The molecule has 0 saturated heterocycles. The summed E-state index contributed by atoms with van der Waals surface area (Å²) in [7, 11) is 0. The molecule has 5 nitrogen and oxygen atoms in total. The molecule has 0 fully saturated rings. The van der Waals surface area contributed by atoms with Crippen LogP contribution in [0.4, 0.5) is 10.1 Å². The number of para-hydroxylation sites is 1. The van der Waals surface area contributed by atoms with Crippen LogP contribution in [0, 0.1) is 12.7 Å². The zero-order chi connectivity index (χ0) is 19.7. The van der Waals surface area contributed by atoms with Crippen molar-refractivity contribution in [3.63, 3.8) is 0 Å². The second-order valence-corrected chi connectivity index (χ2v) is 6.92. The third-order valence-corrected chi connectivity index (χ3v) is 4.70. The normalized spacial score (nSPS) is 13.3. The quantitative estimate of drug-likeness (QED) is 0.815. The van der Waals surface area contributed by atoms with Gasteiger partial charge in [-0.05, 0) is 36.1 Å². The molecular weight excluding hydrogens is 347 g/mol. The largest absolute Gasteiger partial charge is 0.326 e. The fourth-order valence-electron chi connectivity index (χ4n) is 3.25. The van der Waals surface area contributed by atoms with Gasteiger partial charge in [0.25, 0.3) is 11.8 Å². The predicted octanol–water partition coefficient (Wildman–Crippen LogP) is 3.88. The second kappa shape index (κ2) is 7.31. The number of halogens is 1. The monoisotopic (exact) mass is 368 g/mol. The van der Waals surface area contributed by atoms with Crippen LogP contribution >= 0.6 is 0 Å². The minimum Gasteiger partial charge on any atom is -0.326 e. The van der Waals surface area contributed by atoms with Gasteiger partial charge in [0.2, 0.25) is 5.91 Å². The van der Waals surface area contributed by atoms with Crippen LogP contribution < -0.4 is 5.32 Å². The van der Waals surface area contributed by atoms with E-state index in [1.807, 2.05) is 39.0 Å². The van der Waals surface area contributed by atoms with E-state index in [0.717, 1.165) is 27.8 Å². The number of nitrogens with zero attached hydrogens (tertiary/aromatic N) is 1. The first-order chi connectivity index (χ1) is 12.8. The average molecular weight is 368 g/mol. The number of aryl methyl sites for hydroxylation is 1. The molecule has 2 aromatic carbocycles. The number of rotatable bonds is 5. The van der Waals surface area contributed by atoms with Gasteiger partial charge < -0.3 is 5.32 Å². The Morgan fingerprint density at radius 1 is 1.11 bits per heavy atom. The van der Waals surface area contributed by atoms with E-state index >= 15 is 0 Å². The zero-order valence-electron chi connectivity index (χ0n) is 15.5. The van der Waals surface area contributed by atoms with E-state index in [9.17, 15) is 18.8 Å². The first-order valence-electron chi connectivity index (χ1n) is 8.85. The molecule has 0 aliphatic carbocycles. The number of benzene rings is 2. The van der Waals surface area contributed by atoms with Gasteiger partial charge in [0, 0.05) is 18.7 Å². The summed E-state index contributed by atoms with van der Waals surface area (Å²) in [4.78, 5) is 38.0. The number of imide groups is 1. The van der Waals surface area contributed by atoms with E-state index in [1.54, 1.807) is 0 Å². The summed E-state index contributed by atoms with van der Waals surface area (Å²) in [5.74, 6) is -2.05. The molecule has 0 aromatic heterocycles. The molecule has 1 N–H and O–H groups in total. The van der Waals surface area contributed by atoms with Gasteiger partial charge in [-0.1, -0.05) is 38.1 Å². The number of carbonyl (C=O) groups excluding carboxylic acids is 3. The molecule has 2 aromatic rings. The van der Waals surface area contributed by atoms with E-state index < -0.39 is 17.6 Å². The van der Waals surface area contributed by atoms with Crippen LogP contribution in [0.2, 0.25) is 0 Å². The van der Waals surface area contributed by atoms with Crippen LogP contribution in [-0.2, 0) is 4.79 Å². The molecule has 3 rings (SSSR count). The molecule has 1 heterocycles. The lowest BCUT2D eigenvalue weighted by Gasteiger charge is -2.17. The first-order valence-corrected chi connectivity index (χ1v) is 8.85. The molecule has 0 bridgehead atoms. The summed E-state index contributed by atoms with van der Waals surface area (Å²) in [6.45, 7) is 5.89. The Balaban J connectivity index is 1.70. The highest BCUT2D eigenvalue weighted by Crippen LogP contribution is 2.28. The predicted molar refractivity (Wildman–Crippen MR) is 100 cm³/mol. The maximum absolute atomic E-state index is 13.9. The lowest BCUT2D eigenvalue weighted by atomic mass is 9.98. The van der Waals surface area contributed by atoms with Gasteiger partial charge in [0.15, 0.2) is 0 Å². The number of amides is 3. The highest BCUT2D eigenvalue weighted by atomic mass is 19.1. The zero-order valence-corrected chi connectivity index (χ0v) is 15.5. The van der Waals surface area contributed by atoms with Crippen molar-refractivity contribution in [1.29, 1.82) is 0 Å². The minimum absolute atomic E-state index is 0.0430. The van der Waals surface area contributed by atoms with Gasteiger partial charge in [0.1, 0.15) is 5.82 Å². The fourth-order valence-corrected chi connectivity index (χ4v) is 3.25. The van der Waals surface area contributed by atoms with Crippen molar-refractivity contribution in [3.8, 4) is 0 Å². The van der Waals surface area contributed by atoms with E-state index in [-0.39, 0.29) is 35.9 Å². The Morgan fingerprint density at radius 3 is 2.48 bits per heavy atom. The van der Waals surface area contributed by atoms with Crippen LogP contribution in [0.25, 0.3) is 0 Å². The first kappa shape index (κ1) is 18.8. The van der Waals surface area contributed by atoms with Crippen molar-refractivity contribution >= 4 is 23.4 Å². The molecule has 1 aliphatic heterocycles. The van der Waals surface area contributed by atoms with E-state index in [4.69, 9.17) is 0 Å². The van der Waals surface area contributed by atoms with Crippen LogP contribution in [0.3, 0.4) is 0 Å². The summed E-state index contributed by atoms with van der Waals surface area (Å²) in [6, 6.07) is 9.76. The Labute approximate surface area is 157 Å². The van der Waals surface area contributed by atoms with Crippen molar-refractivity contribution < 1.29 is 18.8 Å². The third-order valence-electron chi connectivity index (χ3n) is 4.70. The lowest BCUT2D eigenvalue weighted by Crippen LogP contribution is -2.33. The summed E-state index contributed by atoms with van der Waals surface area (Å²) in [5, 5.41) is 2.88. The van der Waals surface area contributed by atoms with Crippen LogP contribution in [0.1, 0.15) is 58.0 Å². The van der Waals surface area contributed by atoms with Gasteiger partial charge in [-0.15, -0.1) is 0 Å². The van der Waals surface area contributed by atoms with Crippen molar-refractivity contribution in [1.82, 2.24) is 4.90 Å². The molecular formula is C21H21FN2O3. The highest BCUT2D eigenvalue weighted by molar-refractivity contribution is 6.21. The number of hydrogen-bond acceptors (Lipinski definition) is 3. The molecule has 0 unspecified atom stereocenters. The number of anilines is 1. The molecule has 27 heavy (non-hydrogen) atoms. The molecule has 0 atom stereocenters. The molecule has 140 valence electrons. The second-order valence-electron chi connectivity index (χ2n) is 6.92. The standard InChI is InChI=1S/C21H21FN2O3/c1-12(2)14-7-4-6-13(3)19(14)23-17(25)10-11-24-20(26)15-8-5-9-16(22)18(15)21(24)27/h4-9,12H,10-11H2,1-3H3,(H,23,25). The fraction of sp³-hybridized carbons (Fsp3) is 0.286. The van der Waals surface area contributed by atoms with Crippen LogP contribution in [-0.4, -0.2) is 29.2 Å². The van der Waals surface area contributed by atoms with Gasteiger partial charge >= 0.3 is 0 Å². The average Bonchev–Trinajstić information content (AvgIpc) is 2.86. The number of carbonyl (C=O) groups is 3. The van der Waals surface area contributed by atoms with Gasteiger partial charge in [-0.25, -0.2) is 4.39 Å². The van der Waals surface area contributed by atoms with E-state index in [2.05, 4.69) is 5.32 Å². The van der Waals surface area contributed by atoms with Crippen molar-refractivity contribution in [2.24, 2.45) is 0 Å². The lowest BCUT2D eigenvalue weighted by molar-refractivity contribution is -0.116. The Hall–Kier alpha value is -3.02. The molecule has 0 radical (unpaired) electrons. The van der Waals surface area contributed by atoms with E-state index in [0.29, 0.717) is 0 Å². The third kappa shape index (κ3) is 3.47.